The number of benzene rings is 1. The van der Waals surface area contributed by atoms with E-state index >= 15 is 0 Å². The zero-order valence-corrected chi connectivity index (χ0v) is 16.7. The Morgan fingerprint density at radius 1 is 0.966 bits per heavy atom. The van der Waals surface area contributed by atoms with Crippen molar-refractivity contribution in [3.63, 3.8) is 0 Å². The molecule has 3 heterocycles. The number of amides is 1. The van der Waals surface area contributed by atoms with Gasteiger partial charge >= 0.3 is 0 Å². The lowest BCUT2D eigenvalue weighted by molar-refractivity contribution is -0.131. The van der Waals surface area contributed by atoms with Crippen LogP contribution in [0.2, 0.25) is 0 Å². The Hall–Kier alpha value is -3.22. The van der Waals surface area contributed by atoms with Crippen molar-refractivity contribution in [1.29, 1.82) is 0 Å². The summed E-state index contributed by atoms with van der Waals surface area (Å²) in [6, 6.07) is 14.3. The van der Waals surface area contributed by atoms with Crippen LogP contribution in [0, 0.1) is 6.92 Å². The Morgan fingerprint density at radius 2 is 1.69 bits per heavy atom. The molecular weight excluding hydrogens is 364 g/mol. The smallest absolute Gasteiger partial charge is 0.222 e. The molecule has 2 aromatic heterocycles. The first kappa shape index (κ1) is 19.1. The lowest BCUT2D eigenvalue weighted by Crippen LogP contribution is -2.49. The van der Waals surface area contributed by atoms with Crippen molar-refractivity contribution in [1.82, 2.24) is 24.6 Å². The molecule has 29 heavy (non-hydrogen) atoms. The normalized spacial score (nSPS) is 14.2. The number of anilines is 1. The Labute approximate surface area is 171 Å². The van der Waals surface area contributed by atoms with E-state index in [9.17, 15) is 4.79 Å². The monoisotopic (exact) mass is 390 g/mol. The van der Waals surface area contributed by atoms with Crippen LogP contribution in [0.1, 0.15) is 24.2 Å². The lowest BCUT2D eigenvalue weighted by atomic mass is 10.1. The third-order valence-corrected chi connectivity index (χ3v) is 5.36. The van der Waals surface area contributed by atoms with Crippen molar-refractivity contribution in [2.24, 2.45) is 0 Å². The van der Waals surface area contributed by atoms with Crippen molar-refractivity contribution in [2.75, 3.05) is 31.1 Å². The van der Waals surface area contributed by atoms with E-state index in [2.05, 4.69) is 32.2 Å². The van der Waals surface area contributed by atoms with Gasteiger partial charge in [0.25, 0.3) is 0 Å². The van der Waals surface area contributed by atoms with E-state index in [-0.39, 0.29) is 5.91 Å². The number of aromatic nitrogens is 4. The molecule has 3 aromatic rings. The molecule has 150 valence electrons. The summed E-state index contributed by atoms with van der Waals surface area (Å²) in [4.78, 5) is 20.9. The zero-order valence-electron chi connectivity index (χ0n) is 16.7. The van der Waals surface area contributed by atoms with Gasteiger partial charge < -0.3 is 9.80 Å². The first-order chi connectivity index (χ1) is 14.2. The van der Waals surface area contributed by atoms with Gasteiger partial charge in [-0.3, -0.25) is 9.36 Å². The quantitative estimate of drug-likeness (QED) is 0.647. The Balaban J connectivity index is 1.25. The second kappa shape index (κ2) is 8.86. The van der Waals surface area contributed by atoms with Crippen LogP contribution in [0.5, 0.6) is 0 Å². The Morgan fingerprint density at radius 3 is 2.34 bits per heavy atom. The van der Waals surface area contributed by atoms with E-state index in [1.807, 2.05) is 52.9 Å². The Kier molecular flexibility index (Phi) is 5.84. The summed E-state index contributed by atoms with van der Waals surface area (Å²) in [5.74, 6) is 2.74. The molecule has 0 saturated carbocycles. The molecule has 0 spiro atoms. The number of imidazole rings is 1. The highest BCUT2D eigenvalue weighted by atomic mass is 16.2. The molecule has 0 radical (unpaired) electrons. The van der Waals surface area contributed by atoms with Gasteiger partial charge in [0.1, 0.15) is 5.82 Å². The molecule has 0 aliphatic carbocycles. The highest BCUT2D eigenvalue weighted by molar-refractivity contribution is 5.76. The highest BCUT2D eigenvalue weighted by Crippen LogP contribution is 2.16. The highest BCUT2D eigenvalue weighted by Gasteiger charge is 2.22. The van der Waals surface area contributed by atoms with Gasteiger partial charge in [-0.15, -0.1) is 10.2 Å². The number of hydrogen-bond acceptors (Lipinski definition) is 5. The van der Waals surface area contributed by atoms with Crippen LogP contribution in [0.4, 0.5) is 5.82 Å². The summed E-state index contributed by atoms with van der Waals surface area (Å²) < 4.78 is 1.91. The summed E-state index contributed by atoms with van der Waals surface area (Å²) >= 11 is 0. The molecule has 7 heteroatoms. The molecular formula is C22H26N6O. The van der Waals surface area contributed by atoms with E-state index in [1.165, 1.54) is 5.56 Å². The van der Waals surface area contributed by atoms with Gasteiger partial charge in [0.15, 0.2) is 11.6 Å². The fourth-order valence-electron chi connectivity index (χ4n) is 3.67. The standard InChI is InChI=1S/C22H26N6O/c1-18-23-12-13-28(18)21-11-10-20(24-25-21)26-14-16-27(17-15-26)22(29)9-5-8-19-6-3-2-4-7-19/h2-4,6-7,10-13H,5,8-9,14-17H2,1H3. The van der Waals surface area contributed by atoms with E-state index in [4.69, 9.17) is 0 Å². The zero-order chi connectivity index (χ0) is 20.1. The van der Waals surface area contributed by atoms with Gasteiger partial charge in [-0.25, -0.2) is 4.98 Å². The number of nitrogens with zero attached hydrogens (tertiary/aromatic N) is 6. The fourth-order valence-corrected chi connectivity index (χ4v) is 3.67. The first-order valence-corrected chi connectivity index (χ1v) is 10.1. The van der Waals surface area contributed by atoms with Crippen LogP contribution >= 0.6 is 0 Å². The van der Waals surface area contributed by atoms with E-state index in [0.29, 0.717) is 6.42 Å². The molecule has 1 amide bonds. The number of hydrogen-bond donors (Lipinski definition) is 0. The van der Waals surface area contributed by atoms with E-state index in [1.54, 1.807) is 6.20 Å². The predicted octanol–water partition coefficient (Wildman–Crippen LogP) is 2.64. The topological polar surface area (TPSA) is 67.2 Å². The van der Waals surface area contributed by atoms with Gasteiger partial charge in [-0.1, -0.05) is 30.3 Å². The molecule has 1 aliphatic heterocycles. The average molecular weight is 390 g/mol. The maximum Gasteiger partial charge on any atom is 0.222 e. The van der Waals surface area contributed by atoms with Crippen LogP contribution in [0.15, 0.2) is 54.9 Å². The third kappa shape index (κ3) is 4.62. The van der Waals surface area contributed by atoms with Crippen LogP contribution in [-0.2, 0) is 11.2 Å². The SMILES string of the molecule is Cc1nccn1-c1ccc(N2CCN(C(=O)CCCc3ccccc3)CC2)nn1. The molecule has 0 N–H and O–H groups in total. The summed E-state index contributed by atoms with van der Waals surface area (Å²) in [5, 5.41) is 8.71. The second-order valence-corrected chi connectivity index (χ2v) is 7.30. The molecule has 1 fully saturated rings. The lowest BCUT2D eigenvalue weighted by Gasteiger charge is -2.35. The van der Waals surface area contributed by atoms with E-state index < -0.39 is 0 Å². The third-order valence-electron chi connectivity index (χ3n) is 5.36. The molecule has 7 nitrogen and oxygen atoms in total. The Bertz CT molecular complexity index is 929. The maximum atomic E-state index is 12.5. The van der Waals surface area contributed by atoms with Gasteiger partial charge in [-0.05, 0) is 37.5 Å². The van der Waals surface area contributed by atoms with Crippen LogP contribution in [0.3, 0.4) is 0 Å². The summed E-state index contributed by atoms with van der Waals surface area (Å²) in [6.45, 7) is 4.96. The van der Waals surface area contributed by atoms with Crippen molar-refractivity contribution >= 4 is 11.7 Å². The number of carbonyl (C=O) groups is 1. The molecule has 1 aliphatic rings. The fraction of sp³-hybridized carbons (Fsp3) is 0.364. The number of carbonyl (C=O) groups excluding carboxylic acids is 1. The number of rotatable bonds is 6. The van der Waals surface area contributed by atoms with Crippen molar-refractivity contribution < 1.29 is 4.79 Å². The molecule has 1 aromatic carbocycles. The van der Waals surface area contributed by atoms with Gasteiger partial charge in [0.05, 0.1) is 0 Å². The number of aryl methyl sites for hydroxylation is 2. The molecule has 0 atom stereocenters. The first-order valence-electron chi connectivity index (χ1n) is 10.1. The summed E-state index contributed by atoms with van der Waals surface area (Å²) in [6.07, 6.45) is 6.07. The number of piperazine rings is 1. The van der Waals surface area contributed by atoms with Gasteiger partial charge in [0.2, 0.25) is 5.91 Å². The van der Waals surface area contributed by atoms with Gasteiger partial charge in [0, 0.05) is 45.0 Å². The minimum atomic E-state index is 0.248. The van der Waals surface area contributed by atoms with Crippen LogP contribution < -0.4 is 4.90 Å². The van der Waals surface area contributed by atoms with Crippen molar-refractivity contribution in [3.8, 4) is 5.82 Å². The van der Waals surface area contributed by atoms with Crippen molar-refractivity contribution in [2.45, 2.75) is 26.2 Å². The molecule has 1 saturated heterocycles. The molecule has 0 bridgehead atoms. The van der Waals surface area contributed by atoms with Crippen LogP contribution in [0.25, 0.3) is 5.82 Å². The van der Waals surface area contributed by atoms with Gasteiger partial charge in [-0.2, -0.15) is 0 Å². The molecule has 0 unspecified atom stereocenters. The molecule has 4 rings (SSSR count). The summed E-state index contributed by atoms with van der Waals surface area (Å²) in [7, 11) is 0. The van der Waals surface area contributed by atoms with Crippen LogP contribution in [-0.4, -0.2) is 56.7 Å². The minimum absolute atomic E-state index is 0.248. The average Bonchev–Trinajstić information content (AvgIpc) is 3.20. The second-order valence-electron chi connectivity index (χ2n) is 7.30. The maximum absolute atomic E-state index is 12.5. The summed E-state index contributed by atoms with van der Waals surface area (Å²) in [5.41, 5.74) is 1.29. The van der Waals surface area contributed by atoms with Crippen molar-refractivity contribution in [3.05, 3.63) is 66.2 Å². The van der Waals surface area contributed by atoms with E-state index in [0.717, 1.165) is 56.5 Å². The predicted molar refractivity (Wildman–Crippen MR) is 112 cm³/mol. The minimum Gasteiger partial charge on any atom is -0.352 e. The largest absolute Gasteiger partial charge is 0.352 e.